The maximum atomic E-state index is 14.1. The highest BCUT2D eigenvalue weighted by molar-refractivity contribution is 8.02. The number of carbonyl (C=O) groups is 3. The Balaban J connectivity index is 1.59. The Hall–Kier alpha value is -2.29. The van der Waals surface area contributed by atoms with Crippen LogP contribution in [0.1, 0.15) is 13.3 Å². The van der Waals surface area contributed by atoms with Crippen LogP contribution in [0, 0.1) is 11.8 Å². The van der Waals surface area contributed by atoms with Gasteiger partial charge in [-0.1, -0.05) is 42.8 Å². The normalized spacial score (nSPS) is 32.6. The van der Waals surface area contributed by atoms with E-state index in [1.807, 2.05) is 36.1 Å². The molecule has 180 valence electrons. The van der Waals surface area contributed by atoms with Gasteiger partial charge >= 0.3 is 0 Å². The van der Waals surface area contributed by atoms with Crippen LogP contribution in [0.4, 0.5) is 5.69 Å². The minimum absolute atomic E-state index is 0.0242. The third-order valence-electron chi connectivity index (χ3n) is 7.21. The summed E-state index contributed by atoms with van der Waals surface area (Å²) in [5, 5.41) is 10.2. The first-order chi connectivity index (χ1) is 16.4. The van der Waals surface area contributed by atoms with Gasteiger partial charge in [0.25, 0.3) is 5.91 Å². The van der Waals surface area contributed by atoms with E-state index in [-0.39, 0.29) is 36.1 Å². The molecule has 5 rings (SSSR count). The van der Waals surface area contributed by atoms with Crippen molar-refractivity contribution in [3.8, 4) is 0 Å². The fourth-order valence-electron chi connectivity index (χ4n) is 5.86. The van der Waals surface area contributed by atoms with Crippen LogP contribution in [0.25, 0.3) is 0 Å². The summed E-state index contributed by atoms with van der Waals surface area (Å²) in [5.41, 5.74) is 0.693. The number of carbonyl (C=O) groups excluding carboxylic acids is 3. The number of benzene rings is 1. The van der Waals surface area contributed by atoms with E-state index in [1.165, 1.54) is 4.90 Å². The second-order valence-corrected chi connectivity index (χ2v) is 11.1. The Morgan fingerprint density at radius 3 is 2.53 bits per heavy atom. The first-order valence-corrected chi connectivity index (χ1v) is 13.0. The SMILES string of the molecule is CCCN1CC=C[C@@H]2S[C@]34C=CCN(c5ccc(Cl)cc5)C(=O)C3N(CCO)C(=O)[C@@H]4[C@@H]2C1=O. The molecule has 1 unspecified atom stereocenters. The molecule has 1 spiro atoms. The molecule has 0 bridgehead atoms. The summed E-state index contributed by atoms with van der Waals surface area (Å²) in [4.78, 5) is 46.5. The van der Waals surface area contributed by atoms with Crippen LogP contribution in [0.15, 0.2) is 48.6 Å². The highest BCUT2D eigenvalue weighted by Gasteiger charge is 2.70. The maximum absolute atomic E-state index is 14.1. The van der Waals surface area contributed by atoms with Gasteiger partial charge in [0, 0.05) is 42.1 Å². The van der Waals surface area contributed by atoms with Gasteiger partial charge < -0.3 is 19.8 Å². The number of hydrogen-bond acceptors (Lipinski definition) is 5. The number of β-amino-alcohol motifs (C(OH)–C–C–N with tert-alkyl or cyclic N) is 1. The molecule has 1 N–H and O–H groups in total. The summed E-state index contributed by atoms with van der Waals surface area (Å²) >= 11 is 7.60. The van der Waals surface area contributed by atoms with E-state index in [0.717, 1.165) is 6.42 Å². The first-order valence-electron chi connectivity index (χ1n) is 11.7. The van der Waals surface area contributed by atoms with Gasteiger partial charge in [0.1, 0.15) is 6.04 Å². The zero-order valence-electron chi connectivity index (χ0n) is 19.0. The van der Waals surface area contributed by atoms with Gasteiger partial charge in [-0.25, -0.2) is 0 Å². The van der Waals surface area contributed by atoms with Crippen molar-refractivity contribution in [1.82, 2.24) is 9.80 Å². The van der Waals surface area contributed by atoms with Crippen molar-refractivity contribution in [2.75, 3.05) is 37.7 Å². The lowest BCUT2D eigenvalue weighted by molar-refractivity contribution is -0.143. The molecule has 0 saturated carbocycles. The minimum atomic E-state index is -0.866. The second-order valence-electron chi connectivity index (χ2n) is 9.14. The molecule has 4 aliphatic rings. The number of halogens is 1. The topological polar surface area (TPSA) is 81.2 Å². The van der Waals surface area contributed by atoms with Crippen molar-refractivity contribution < 1.29 is 19.5 Å². The van der Waals surface area contributed by atoms with Gasteiger partial charge in [0.05, 0.1) is 23.2 Å². The molecule has 2 fully saturated rings. The second kappa shape index (κ2) is 9.06. The average molecular weight is 502 g/mol. The Bertz CT molecular complexity index is 1060. The molecule has 34 heavy (non-hydrogen) atoms. The maximum Gasteiger partial charge on any atom is 0.251 e. The van der Waals surface area contributed by atoms with Crippen LogP contribution < -0.4 is 4.90 Å². The molecule has 3 amide bonds. The zero-order valence-corrected chi connectivity index (χ0v) is 20.5. The van der Waals surface area contributed by atoms with E-state index >= 15 is 0 Å². The average Bonchev–Trinajstić information content (AvgIpc) is 3.13. The molecule has 1 aromatic carbocycles. The third kappa shape index (κ3) is 3.49. The van der Waals surface area contributed by atoms with Crippen LogP contribution in [0.5, 0.6) is 0 Å². The minimum Gasteiger partial charge on any atom is -0.395 e. The third-order valence-corrected chi connectivity index (χ3v) is 9.21. The highest BCUT2D eigenvalue weighted by Crippen LogP contribution is 2.61. The van der Waals surface area contributed by atoms with Crippen molar-refractivity contribution in [1.29, 1.82) is 0 Å². The number of amides is 3. The van der Waals surface area contributed by atoms with Crippen molar-refractivity contribution in [3.05, 3.63) is 53.6 Å². The standard InChI is InChI=1S/C25H28ClN3O4S/c1-2-11-27-12-3-5-18-19(22(27)31)20-23(32)29(14-15-30)21-24(33)28(13-4-10-25(20,21)34-18)17-8-6-16(26)7-9-17/h3-10,18-21,30H,2,11-15H2,1H3/t18-,19+,20-,21?,25-/m0/s1. The lowest BCUT2D eigenvalue weighted by atomic mass is 9.78. The van der Waals surface area contributed by atoms with Gasteiger partial charge in [0.2, 0.25) is 11.8 Å². The van der Waals surface area contributed by atoms with Gasteiger partial charge in [0.15, 0.2) is 0 Å². The molecule has 0 aliphatic carbocycles. The Kier molecular flexibility index (Phi) is 6.25. The number of likely N-dealkylation sites (tertiary alicyclic amines) is 1. The molecular weight excluding hydrogens is 474 g/mol. The summed E-state index contributed by atoms with van der Waals surface area (Å²) in [6, 6.07) is 6.24. The van der Waals surface area contributed by atoms with Crippen molar-refractivity contribution in [2.24, 2.45) is 11.8 Å². The van der Waals surface area contributed by atoms with E-state index in [1.54, 1.807) is 40.9 Å². The van der Waals surface area contributed by atoms with E-state index < -0.39 is 22.6 Å². The van der Waals surface area contributed by atoms with Crippen molar-refractivity contribution >= 4 is 46.8 Å². The fourth-order valence-corrected chi connectivity index (χ4v) is 7.99. The predicted octanol–water partition coefficient (Wildman–Crippen LogP) is 2.34. The number of fused-ring (bicyclic) bond motifs is 2. The molecular formula is C25H28ClN3O4S. The number of anilines is 1. The Labute approximate surface area is 208 Å². The van der Waals surface area contributed by atoms with Gasteiger partial charge in [-0.3, -0.25) is 14.4 Å². The summed E-state index contributed by atoms with van der Waals surface area (Å²) in [6.45, 7) is 3.36. The number of aliphatic hydroxyl groups is 1. The molecule has 4 heterocycles. The number of thioether (sulfide) groups is 1. The molecule has 7 nitrogen and oxygen atoms in total. The van der Waals surface area contributed by atoms with Crippen LogP contribution >= 0.6 is 23.4 Å². The van der Waals surface area contributed by atoms with Crippen LogP contribution in [0.2, 0.25) is 5.02 Å². The van der Waals surface area contributed by atoms with E-state index in [4.69, 9.17) is 11.6 Å². The van der Waals surface area contributed by atoms with Crippen LogP contribution in [0.3, 0.4) is 0 Å². The molecule has 0 aromatic heterocycles. The summed E-state index contributed by atoms with van der Waals surface area (Å²) in [5.74, 6) is -1.64. The number of nitrogens with zero attached hydrogens (tertiary/aromatic N) is 3. The number of rotatable bonds is 5. The van der Waals surface area contributed by atoms with Crippen molar-refractivity contribution in [3.63, 3.8) is 0 Å². The molecule has 2 saturated heterocycles. The van der Waals surface area contributed by atoms with Gasteiger partial charge in [-0.15, -0.1) is 11.8 Å². The zero-order chi connectivity index (χ0) is 24.0. The molecule has 5 atom stereocenters. The van der Waals surface area contributed by atoms with Gasteiger partial charge in [-0.05, 0) is 30.7 Å². The van der Waals surface area contributed by atoms with E-state index in [2.05, 4.69) is 0 Å². The fraction of sp³-hybridized carbons (Fsp3) is 0.480. The number of hydrogen-bond donors (Lipinski definition) is 1. The largest absolute Gasteiger partial charge is 0.395 e. The molecule has 1 aromatic rings. The highest BCUT2D eigenvalue weighted by atomic mass is 35.5. The molecule has 0 radical (unpaired) electrons. The predicted molar refractivity (Wildman–Crippen MR) is 133 cm³/mol. The summed E-state index contributed by atoms with van der Waals surface area (Å²) < 4.78 is -0.866. The van der Waals surface area contributed by atoms with E-state index in [9.17, 15) is 19.5 Å². The Morgan fingerprint density at radius 1 is 1.06 bits per heavy atom. The smallest absolute Gasteiger partial charge is 0.251 e. The van der Waals surface area contributed by atoms with Gasteiger partial charge in [-0.2, -0.15) is 0 Å². The van der Waals surface area contributed by atoms with Crippen LogP contribution in [-0.2, 0) is 14.4 Å². The lowest BCUT2D eigenvalue weighted by Crippen LogP contribution is -2.53. The number of aliphatic hydroxyl groups excluding tert-OH is 1. The lowest BCUT2D eigenvalue weighted by Gasteiger charge is -2.35. The summed E-state index contributed by atoms with van der Waals surface area (Å²) in [6.07, 6.45) is 8.80. The van der Waals surface area contributed by atoms with Crippen LogP contribution in [-0.4, -0.2) is 81.5 Å². The first kappa shape index (κ1) is 23.5. The monoisotopic (exact) mass is 501 g/mol. The Morgan fingerprint density at radius 2 is 1.82 bits per heavy atom. The van der Waals surface area contributed by atoms with E-state index in [0.29, 0.717) is 30.3 Å². The molecule has 4 aliphatic heterocycles. The molecule has 9 heteroatoms. The summed E-state index contributed by atoms with van der Waals surface area (Å²) in [7, 11) is 0. The quantitative estimate of drug-likeness (QED) is 0.626. The van der Waals surface area contributed by atoms with Crippen molar-refractivity contribution in [2.45, 2.75) is 29.4 Å².